The van der Waals surface area contributed by atoms with Crippen molar-refractivity contribution in [1.82, 2.24) is 10.6 Å². The number of carbonyl (C=O) groups is 2. The highest BCUT2D eigenvalue weighted by Gasteiger charge is 2.20. The second kappa shape index (κ2) is 4.95. The molecule has 1 fully saturated rings. The van der Waals surface area contributed by atoms with Crippen molar-refractivity contribution in [3.8, 4) is 0 Å². The molecule has 2 amide bonds. The Kier molecular flexibility index (Phi) is 3.88. The van der Waals surface area contributed by atoms with Gasteiger partial charge in [-0.2, -0.15) is 0 Å². The first-order valence-corrected chi connectivity index (χ1v) is 4.89. The number of rotatable bonds is 5. The van der Waals surface area contributed by atoms with E-state index in [4.69, 9.17) is 5.73 Å². The van der Waals surface area contributed by atoms with Crippen molar-refractivity contribution in [2.24, 2.45) is 11.7 Å². The fourth-order valence-corrected chi connectivity index (χ4v) is 1.41. The topological polar surface area (TPSA) is 84.2 Å². The van der Waals surface area contributed by atoms with Crippen molar-refractivity contribution in [3.63, 3.8) is 0 Å². The summed E-state index contributed by atoms with van der Waals surface area (Å²) in [5.41, 5.74) is 5.10. The van der Waals surface area contributed by atoms with Crippen LogP contribution in [0.25, 0.3) is 0 Å². The summed E-state index contributed by atoms with van der Waals surface area (Å²) in [6, 6.07) is 0.211. The lowest BCUT2D eigenvalue weighted by Crippen LogP contribution is -2.39. The van der Waals surface area contributed by atoms with Crippen LogP contribution in [0.1, 0.15) is 19.8 Å². The molecule has 14 heavy (non-hydrogen) atoms. The van der Waals surface area contributed by atoms with Gasteiger partial charge in [-0.1, -0.05) is 6.92 Å². The van der Waals surface area contributed by atoms with E-state index in [0.29, 0.717) is 19.5 Å². The molecule has 1 saturated heterocycles. The van der Waals surface area contributed by atoms with Gasteiger partial charge in [0.05, 0.1) is 0 Å². The molecule has 1 rings (SSSR count). The second-order valence-electron chi connectivity index (χ2n) is 3.76. The fourth-order valence-electron chi connectivity index (χ4n) is 1.41. The maximum absolute atomic E-state index is 10.8. The smallest absolute Gasteiger partial charge is 0.221 e. The van der Waals surface area contributed by atoms with Gasteiger partial charge in [-0.25, -0.2) is 0 Å². The molecule has 1 heterocycles. The predicted octanol–water partition coefficient (Wildman–Crippen LogP) is -1.02. The average Bonchev–Trinajstić information content (AvgIpc) is 2.51. The molecular formula is C9H17N3O2. The second-order valence-corrected chi connectivity index (χ2v) is 3.76. The van der Waals surface area contributed by atoms with Gasteiger partial charge in [-0.3, -0.25) is 9.59 Å². The Morgan fingerprint density at radius 3 is 3.00 bits per heavy atom. The lowest BCUT2D eigenvalue weighted by Gasteiger charge is -2.13. The lowest BCUT2D eigenvalue weighted by molar-refractivity contribution is -0.121. The maximum Gasteiger partial charge on any atom is 0.221 e. The normalized spacial score (nSPS) is 23.2. The third-order valence-electron chi connectivity index (χ3n) is 2.41. The largest absolute Gasteiger partial charge is 0.369 e. The van der Waals surface area contributed by atoms with Gasteiger partial charge in [0.25, 0.3) is 0 Å². The number of nitrogens with two attached hydrogens (primary N) is 1. The maximum atomic E-state index is 10.8. The first-order valence-electron chi connectivity index (χ1n) is 4.89. The zero-order valence-corrected chi connectivity index (χ0v) is 8.38. The van der Waals surface area contributed by atoms with Crippen LogP contribution in [0.5, 0.6) is 0 Å². The Bertz CT molecular complexity index is 230. The molecule has 0 spiro atoms. The minimum atomic E-state index is -0.298. The summed E-state index contributed by atoms with van der Waals surface area (Å²) in [4.78, 5) is 21.5. The van der Waals surface area contributed by atoms with Crippen LogP contribution in [0.3, 0.4) is 0 Å². The first kappa shape index (κ1) is 11.0. The fraction of sp³-hybridized carbons (Fsp3) is 0.778. The molecule has 2 atom stereocenters. The number of nitrogens with one attached hydrogen (secondary N) is 2. The molecule has 0 radical (unpaired) electrons. The summed E-state index contributed by atoms with van der Waals surface area (Å²) in [5.74, 6) is -0.347. The van der Waals surface area contributed by atoms with Gasteiger partial charge in [-0.05, 0) is 6.42 Å². The molecule has 5 heteroatoms. The molecule has 1 aliphatic heterocycles. The van der Waals surface area contributed by atoms with Gasteiger partial charge in [0.2, 0.25) is 11.8 Å². The summed E-state index contributed by atoms with van der Waals surface area (Å²) >= 11 is 0. The summed E-state index contributed by atoms with van der Waals surface area (Å²) in [6.45, 7) is 3.06. The van der Waals surface area contributed by atoms with Gasteiger partial charge >= 0.3 is 0 Å². The van der Waals surface area contributed by atoms with E-state index in [1.807, 2.05) is 0 Å². The Labute approximate surface area is 83.4 Å². The van der Waals surface area contributed by atoms with Crippen molar-refractivity contribution in [2.75, 3.05) is 13.1 Å². The van der Waals surface area contributed by atoms with Gasteiger partial charge in [-0.15, -0.1) is 0 Å². The summed E-state index contributed by atoms with van der Waals surface area (Å²) in [5, 5.41) is 5.95. The number of amides is 2. The van der Waals surface area contributed by atoms with Crippen LogP contribution in [0, 0.1) is 5.92 Å². The SMILES string of the molecule is CC(CNCC1CCC(=O)N1)C(N)=O. The Hall–Kier alpha value is -1.10. The number of hydrogen-bond acceptors (Lipinski definition) is 3. The van der Waals surface area contributed by atoms with Crippen molar-refractivity contribution >= 4 is 11.8 Å². The highest BCUT2D eigenvalue weighted by Crippen LogP contribution is 2.04. The van der Waals surface area contributed by atoms with Gasteiger partial charge in [0, 0.05) is 31.5 Å². The summed E-state index contributed by atoms with van der Waals surface area (Å²) in [7, 11) is 0. The molecule has 1 aliphatic rings. The Morgan fingerprint density at radius 1 is 1.79 bits per heavy atom. The third-order valence-corrected chi connectivity index (χ3v) is 2.41. The minimum Gasteiger partial charge on any atom is -0.369 e. The molecule has 4 N–H and O–H groups in total. The highest BCUT2D eigenvalue weighted by molar-refractivity contribution is 5.78. The molecule has 0 aromatic rings. The van der Waals surface area contributed by atoms with E-state index >= 15 is 0 Å². The van der Waals surface area contributed by atoms with Crippen LogP contribution in [0.2, 0.25) is 0 Å². The van der Waals surface area contributed by atoms with Gasteiger partial charge in [0.15, 0.2) is 0 Å². The van der Waals surface area contributed by atoms with E-state index in [-0.39, 0.29) is 23.8 Å². The Morgan fingerprint density at radius 2 is 2.50 bits per heavy atom. The third kappa shape index (κ3) is 3.33. The zero-order chi connectivity index (χ0) is 10.6. The van der Waals surface area contributed by atoms with Crippen LogP contribution in [-0.2, 0) is 9.59 Å². The van der Waals surface area contributed by atoms with Crippen molar-refractivity contribution < 1.29 is 9.59 Å². The molecular weight excluding hydrogens is 182 g/mol. The molecule has 0 aromatic carbocycles. The lowest BCUT2D eigenvalue weighted by atomic mass is 10.1. The predicted molar refractivity (Wildman–Crippen MR) is 52.4 cm³/mol. The van der Waals surface area contributed by atoms with E-state index in [9.17, 15) is 9.59 Å². The van der Waals surface area contributed by atoms with E-state index in [1.54, 1.807) is 6.92 Å². The quantitative estimate of drug-likeness (QED) is 0.529. The van der Waals surface area contributed by atoms with E-state index in [1.165, 1.54) is 0 Å². The van der Waals surface area contributed by atoms with E-state index < -0.39 is 0 Å². The van der Waals surface area contributed by atoms with Crippen molar-refractivity contribution in [2.45, 2.75) is 25.8 Å². The monoisotopic (exact) mass is 199 g/mol. The van der Waals surface area contributed by atoms with Crippen LogP contribution in [-0.4, -0.2) is 30.9 Å². The van der Waals surface area contributed by atoms with Crippen molar-refractivity contribution in [1.29, 1.82) is 0 Å². The van der Waals surface area contributed by atoms with Crippen molar-refractivity contribution in [3.05, 3.63) is 0 Å². The first-order chi connectivity index (χ1) is 6.59. The number of primary amides is 1. The minimum absolute atomic E-state index is 0.111. The molecule has 0 aliphatic carbocycles. The van der Waals surface area contributed by atoms with E-state index in [2.05, 4.69) is 10.6 Å². The summed E-state index contributed by atoms with van der Waals surface area (Å²) in [6.07, 6.45) is 1.48. The zero-order valence-electron chi connectivity index (χ0n) is 8.38. The van der Waals surface area contributed by atoms with Gasteiger partial charge < -0.3 is 16.4 Å². The molecule has 0 aromatic heterocycles. The molecule has 0 bridgehead atoms. The number of carbonyl (C=O) groups excluding carboxylic acids is 2. The standard InChI is InChI=1S/C9H17N3O2/c1-6(9(10)14)4-11-5-7-2-3-8(13)12-7/h6-7,11H,2-5H2,1H3,(H2,10,14)(H,12,13). The Balaban J connectivity index is 2.09. The highest BCUT2D eigenvalue weighted by atomic mass is 16.2. The molecule has 5 nitrogen and oxygen atoms in total. The van der Waals surface area contributed by atoms with E-state index in [0.717, 1.165) is 6.42 Å². The van der Waals surface area contributed by atoms with Gasteiger partial charge in [0.1, 0.15) is 0 Å². The molecule has 80 valence electrons. The summed E-state index contributed by atoms with van der Waals surface area (Å²) < 4.78 is 0. The molecule has 0 saturated carbocycles. The van der Waals surface area contributed by atoms with Crippen LogP contribution in [0.4, 0.5) is 0 Å². The van der Waals surface area contributed by atoms with Crippen LogP contribution in [0.15, 0.2) is 0 Å². The number of hydrogen-bond donors (Lipinski definition) is 3. The average molecular weight is 199 g/mol. The molecule has 2 unspecified atom stereocenters. The van der Waals surface area contributed by atoms with Crippen LogP contribution < -0.4 is 16.4 Å². The van der Waals surface area contributed by atoms with Crippen LogP contribution >= 0.6 is 0 Å².